The third-order valence-electron chi connectivity index (χ3n) is 3.01. The summed E-state index contributed by atoms with van der Waals surface area (Å²) in [5, 5.41) is 6.65. The smallest absolute Gasteiger partial charge is 0.191 e. The Hall–Kier alpha value is -0.0800. The van der Waals surface area contributed by atoms with Crippen LogP contribution in [0.15, 0.2) is 4.99 Å². The number of likely N-dealkylation sites (N-methyl/N-ethyl adjacent to an activating group) is 1. The Morgan fingerprint density at radius 2 is 2.05 bits per heavy atom. The van der Waals surface area contributed by atoms with Crippen LogP contribution in [0.3, 0.4) is 0 Å². The number of guanidine groups is 1. The van der Waals surface area contributed by atoms with E-state index < -0.39 is 0 Å². The third kappa shape index (κ3) is 10.4. The fraction of sp³-hybridized carbons (Fsp3) is 0.923. The molecule has 0 unspecified atom stereocenters. The van der Waals surface area contributed by atoms with E-state index in [1.807, 2.05) is 0 Å². The van der Waals surface area contributed by atoms with E-state index in [1.165, 1.54) is 12.8 Å². The van der Waals surface area contributed by atoms with E-state index in [0.717, 1.165) is 51.2 Å². The van der Waals surface area contributed by atoms with Gasteiger partial charge in [0.05, 0.1) is 6.61 Å². The van der Waals surface area contributed by atoms with E-state index in [-0.39, 0.29) is 24.0 Å². The monoisotopic (exact) mass is 384 g/mol. The highest BCUT2D eigenvalue weighted by atomic mass is 127. The van der Waals surface area contributed by atoms with Gasteiger partial charge in [0.25, 0.3) is 0 Å². The minimum atomic E-state index is 0. The summed E-state index contributed by atoms with van der Waals surface area (Å²) in [6, 6.07) is 0. The molecule has 1 rings (SSSR count). The minimum Gasteiger partial charge on any atom is -0.383 e. The molecule has 0 aromatic carbocycles. The van der Waals surface area contributed by atoms with Crippen LogP contribution in [-0.2, 0) is 4.74 Å². The molecular formula is C13H29IN4O. The summed E-state index contributed by atoms with van der Waals surface area (Å²) in [6.07, 6.45) is 2.70. The molecule has 0 amide bonds. The van der Waals surface area contributed by atoms with Crippen LogP contribution >= 0.6 is 24.0 Å². The predicted molar refractivity (Wildman–Crippen MR) is 91.5 cm³/mol. The summed E-state index contributed by atoms with van der Waals surface area (Å²) in [5.74, 6) is 1.79. The van der Waals surface area contributed by atoms with Crippen LogP contribution in [0.1, 0.15) is 19.8 Å². The maximum atomic E-state index is 5.05. The van der Waals surface area contributed by atoms with Crippen LogP contribution in [0, 0.1) is 5.92 Å². The first-order chi connectivity index (χ1) is 8.76. The molecule has 6 heteroatoms. The zero-order valence-corrected chi connectivity index (χ0v) is 14.8. The van der Waals surface area contributed by atoms with E-state index >= 15 is 0 Å². The van der Waals surface area contributed by atoms with Gasteiger partial charge in [0, 0.05) is 39.8 Å². The van der Waals surface area contributed by atoms with Crippen molar-refractivity contribution in [1.82, 2.24) is 15.5 Å². The number of nitrogens with zero attached hydrogens (tertiary/aromatic N) is 2. The molecule has 0 heterocycles. The molecule has 0 aromatic rings. The zero-order valence-electron chi connectivity index (χ0n) is 12.4. The Morgan fingerprint density at radius 1 is 1.32 bits per heavy atom. The summed E-state index contributed by atoms with van der Waals surface area (Å²) in [4.78, 5) is 6.84. The van der Waals surface area contributed by atoms with Crippen molar-refractivity contribution in [3.05, 3.63) is 0 Å². The number of hydrogen-bond donors (Lipinski definition) is 2. The Morgan fingerprint density at radius 3 is 2.63 bits per heavy atom. The van der Waals surface area contributed by atoms with Gasteiger partial charge in [-0.2, -0.15) is 0 Å². The van der Waals surface area contributed by atoms with E-state index in [4.69, 9.17) is 4.74 Å². The second-order valence-electron chi connectivity index (χ2n) is 4.89. The fourth-order valence-electron chi connectivity index (χ4n) is 1.59. The lowest BCUT2D eigenvalue weighted by Crippen LogP contribution is -2.41. The van der Waals surface area contributed by atoms with Gasteiger partial charge >= 0.3 is 0 Å². The van der Waals surface area contributed by atoms with Crippen molar-refractivity contribution >= 4 is 29.9 Å². The van der Waals surface area contributed by atoms with Gasteiger partial charge in [0.15, 0.2) is 5.96 Å². The molecule has 0 aromatic heterocycles. The number of methoxy groups -OCH3 is 1. The maximum Gasteiger partial charge on any atom is 0.191 e. The molecule has 1 fully saturated rings. The lowest BCUT2D eigenvalue weighted by atomic mass is 10.4. The lowest BCUT2D eigenvalue weighted by molar-refractivity contribution is 0.162. The van der Waals surface area contributed by atoms with Crippen LogP contribution < -0.4 is 10.6 Å². The molecule has 19 heavy (non-hydrogen) atoms. The van der Waals surface area contributed by atoms with Crippen molar-refractivity contribution in [2.24, 2.45) is 10.9 Å². The van der Waals surface area contributed by atoms with Crippen molar-refractivity contribution in [3.8, 4) is 0 Å². The van der Waals surface area contributed by atoms with Gasteiger partial charge < -0.3 is 20.3 Å². The number of rotatable bonds is 9. The molecule has 1 saturated carbocycles. The van der Waals surface area contributed by atoms with Crippen LogP contribution in [0.5, 0.6) is 0 Å². The molecule has 0 spiro atoms. The molecule has 0 atom stereocenters. The first-order valence-corrected chi connectivity index (χ1v) is 6.96. The highest BCUT2D eigenvalue weighted by molar-refractivity contribution is 14.0. The summed E-state index contributed by atoms with van der Waals surface area (Å²) < 4.78 is 5.05. The quantitative estimate of drug-likeness (QED) is 0.356. The topological polar surface area (TPSA) is 48.9 Å². The molecule has 5 nitrogen and oxygen atoms in total. The normalized spacial score (nSPS) is 15.3. The SMILES string of the molecule is CCNC(=NCC1CC1)NCCN(C)CCOC.I. The van der Waals surface area contributed by atoms with Crippen LogP contribution in [-0.4, -0.2) is 64.3 Å². The Bertz CT molecular complexity index is 247. The van der Waals surface area contributed by atoms with E-state index in [0.29, 0.717) is 0 Å². The summed E-state index contributed by atoms with van der Waals surface area (Å²) >= 11 is 0. The van der Waals surface area contributed by atoms with E-state index in [1.54, 1.807) is 7.11 Å². The fourth-order valence-corrected chi connectivity index (χ4v) is 1.59. The summed E-state index contributed by atoms with van der Waals surface area (Å²) in [5.41, 5.74) is 0. The number of ether oxygens (including phenoxy) is 1. The van der Waals surface area contributed by atoms with Gasteiger partial charge in [0.1, 0.15) is 0 Å². The maximum absolute atomic E-state index is 5.05. The molecule has 114 valence electrons. The second-order valence-corrected chi connectivity index (χ2v) is 4.89. The van der Waals surface area contributed by atoms with Crippen LogP contribution in [0.25, 0.3) is 0 Å². The molecule has 0 aliphatic heterocycles. The standard InChI is InChI=1S/C13H28N4O.HI/c1-4-14-13(16-11-12-5-6-12)15-7-8-17(2)9-10-18-3;/h12H,4-11H2,1-3H3,(H2,14,15,16);1H. The Balaban J connectivity index is 0.00000324. The van der Waals surface area contributed by atoms with Crippen molar-refractivity contribution in [1.29, 1.82) is 0 Å². The molecule has 0 saturated heterocycles. The second kappa shape index (κ2) is 11.7. The van der Waals surface area contributed by atoms with Gasteiger partial charge in [-0.25, -0.2) is 0 Å². The number of aliphatic imine (C=N–C) groups is 1. The van der Waals surface area contributed by atoms with Gasteiger partial charge in [-0.3, -0.25) is 4.99 Å². The highest BCUT2D eigenvalue weighted by Gasteiger charge is 2.20. The van der Waals surface area contributed by atoms with Crippen LogP contribution in [0.2, 0.25) is 0 Å². The largest absolute Gasteiger partial charge is 0.383 e. The lowest BCUT2D eigenvalue weighted by Gasteiger charge is -2.17. The zero-order chi connectivity index (χ0) is 13.2. The molecule has 2 N–H and O–H groups in total. The average molecular weight is 384 g/mol. The summed E-state index contributed by atoms with van der Waals surface area (Å²) in [7, 11) is 3.84. The van der Waals surface area contributed by atoms with Crippen molar-refractivity contribution in [2.75, 3.05) is 53.5 Å². The van der Waals surface area contributed by atoms with E-state index in [2.05, 4.69) is 34.5 Å². The third-order valence-corrected chi connectivity index (χ3v) is 3.01. The van der Waals surface area contributed by atoms with Crippen molar-refractivity contribution < 1.29 is 4.74 Å². The molecular weight excluding hydrogens is 355 g/mol. The molecule has 0 radical (unpaired) electrons. The number of halogens is 1. The summed E-state index contributed by atoms with van der Waals surface area (Å²) in [6.45, 7) is 7.64. The highest BCUT2D eigenvalue weighted by Crippen LogP contribution is 2.28. The molecule has 0 bridgehead atoms. The number of hydrogen-bond acceptors (Lipinski definition) is 3. The van der Waals surface area contributed by atoms with Gasteiger partial charge in [-0.15, -0.1) is 24.0 Å². The van der Waals surface area contributed by atoms with Gasteiger partial charge in [-0.1, -0.05) is 0 Å². The van der Waals surface area contributed by atoms with Crippen molar-refractivity contribution in [2.45, 2.75) is 19.8 Å². The Labute approximate surface area is 134 Å². The van der Waals surface area contributed by atoms with Gasteiger partial charge in [-0.05, 0) is 32.7 Å². The van der Waals surface area contributed by atoms with Crippen molar-refractivity contribution in [3.63, 3.8) is 0 Å². The Kier molecular flexibility index (Phi) is 11.7. The predicted octanol–water partition coefficient (Wildman–Crippen LogP) is 1.15. The molecule has 1 aliphatic carbocycles. The first kappa shape index (κ1) is 18.9. The van der Waals surface area contributed by atoms with Crippen LogP contribution in [0.4, 0.5) is 0 Å². The minimum absolute atomic E-state index is 0. The first-order valence-electron chi connectivity index (χ1n) is 6.96. The molecule has 1 aliphatic rings. The van der Waals surface area contributed by atoms with E-state index in [9.17, 15) is 0 Å². The number of nitrogens with one attached hydrogen (secondary N) is 2. The van der Waals surface area contributed by atoms with Gasteiger partial charge in [0.2, 0.25) is 0 Å². The average Bonchev–Trinajstić information content (AvgIpc) is 3.17.